The molecule has 0 fully saturated rings. The summed E-state index contributed by atoms with van der Waals surface area (Å²) in [6.45, 7) is 3.62. The summed E-state index contributed by atoms with van der Waals surface area (Å²) in [5.41, 5.74) is 4.23. The molecule has 0 saturated heterocycles. The van der Waals surface area contributed by atoms with Gasteiger partial charge in [-0.2, -0.15) is 0 Å². The maximum atomic E-state index is 13.1. The van der Waals surface area contributed by atoms with Crippen LogP contribution < -0.4 is 9.62 Å². The number of carbonyl (C=O) groups excluding carboxylic acids is 1. The number of amides is 1. The molecule has 1 aliphatic rings. The molecule has 1 N–H and O–H groups in total. The van der Waals surface area contributed by atoms with Gasteiger partial charge in [-0.25, -0.2) is 8.42 Å². The van der Waals surface area contributed by atoms with Crippen molar-refractivity contribution in [1.82, 2.24) is 5.32 Å². The molecule has 1 aliphatic carbocycles. The Morgan fingerprint density at radius 3 is 2.33 bits per heavy atom. The molecule has 5 nitrogen and oxygen atoms in total. The second-order valence-corrected chi connectivity index (χ2v) is 10.2. The zero-order chi connectivity index (χ0) is 21.9. The van der Waals surface area contributed by atoms with E-state index in [4.69, 9.17) is 11.6 Å². The van der Waals surface area contributed by atoms with E-state index in [-0.39, 0.29) is 11.9 Å². The Morgan fingerprint density at radius 2 is 1.73 bits per heavy atom. The number of hydrogen-bond donors (Lipinski definition) is 1. The number of benzene rings is 2. The number of nitrogens with one attached hydrogen (secondary N) is 1. The standard InChI is InChI=1S/C23H29ClN2O3S/c1-4-22(19-10-9-17-7-5-6-8-18(17)15-19)25-23(27)16(2)26(30(3,28)29)21-13-11-20(24)12-14-21/h9-16,22H,4-8H2,1-3H3,(H,25,27)/t16-,22-/m0/s1. The minimum Gasteiger partial charge on any atom is -0.347 e. The van der Waals surface area contributed by atoms with Crippen molar-refractivity contribution in [2.24, 2.45) is 0 Å². The number of halogens is 1. The van der Waals surface area contributed by atoms with Crippen molar-refractivity contribution in [3.05, 3.63) is 64.2 Å². The van der Waals surface area contributed by atoms with Crippen LogP contribution in [0.3, 0.4) is 0 Å². The van der Waals surface area contributed by atoms with Crippen molar-refractivity contribution in [2.75, 3.05) is 10.6 Å². The van der Waals surface area contributed by atoms with Gasteiger partial charge in [0.1, 0.15) is 6.04 Å². The Morgan fingerprint density at radius 1 is 1.10 bits per heavy atom. The molecular weight excluding hydrogens is 420 g/mol. The van der Waals surface area contributed by atoms with Gasteiger partial charge >= 0.3 is 0 Å². The minimum atomic E-state index is -3.66. The van der Waals surface area contributed by atoms with Crippen LogP contribution in [0.4, 0.5) is 5.69 Å². The van der Waals surface area contributed by atoms with Gasteiger partial charge < -0.3 is 5.32 Å². The molecule has 2 aromatic rings. The number of nitrogens with zero attached hydrogens (tertiary/aromatic N) is 1. The number of fused-ring (bicyclic) bond motifs is 1. The monoisotopic (exact) mass is 448 g/mol. The number of hydrogen-bond acceptors (Lipinski definition) is 3. The van der Waals surface area contributed by atoms with Gasteiger partial charge in [-0.1, -0.05) is 36.7 Å². The van der Waals surface area contributed by atoms with Crippen LogP contribution in [0.5, 0.6) is 0 Å². The van der Waals surface area contributed by atoms with Crippen molar-refractivity contribution in [1.29, 1.82) is 0 Å². The Labute approximate surface area is 184 Å². The molecule has 2 atom stereocenters. The summed E-state index contributed by atoms with van der Waals surface area (Å²) in [5.74, 6) is -0.333. The van der Waals surface area contributed by atoms with Gasteiger partial charge in [0, 0.05) is 5.02 Å². The van der Waals surface area contributed by atoms with Gasteiger partial charge in [0.05, 0.1) is 18.0 Å². The normalized spacial score (nSPS) is 15.7. The summed E-state index contributed by atoms with van der Waals surface area (Å²) >= 11 is 5.93. The molecule has 0 unspecified atom stereocenters. The lowest BCUT2D eigenvalue weighted by molar-refractivity contribution is -0.122. The predicted octanol–water partition coefficient (Wildman–Crippen LogP) is 4.64. The maximum Gasteiger partial charge on any atom is 0.244 e. The predicted molar refractivity (Wildman–Crippen MR) is 122 cm³/mol. The van der Waals surface area contributed by atoms with Gasteiger partial charge in [-0.15, -0.1) is 0 Å². The van der Waals surface area contributed by atoms with Crippen molar-refractivity contribution in [3.63, 3.8) is 0 Å². The number of rotatable bonds is 7. The van der Waals surface area contributed by atoms with Crippen LogP contribution in [-0.2, 0) is 27.7 Å². The molecule has 30 heavy (non-hydrogen) atoms. The highest BCUT2D eigenvalue weighted by molar-refractivity contribution is 7.92. The lowest BCUT2D eigenvalue weighted by Gasteiger charge is -2.30. The first-order valence-electron chi connectivity index (χ1n) is 10.4. The molecule has 3 rings (SSSR count). The fourth-order valence-corrected chi connectivity index (χ4v) is 5.38. The van der Waals surface area contributed by atoms with E-state index in [1.165, 1.54) is 24.0 Å². The fourth-order valence-electron chi connectivity index (χ4n) is 4.08. The summed E-state index contributed by atoms with van der Waals surface area (Å²) in [6.07, 6.45) is 6.43. The molecule has 0 radical (unpaired) electrons. The summed E-state index contributed by atoms with van der Waals surface area (Å²) in [6, 6.07) is 11.8. The molecule has 0 aromatic heterocycles. The Balaban J connectivity index is 1.82. The molecule has 7 heteroatoms. The first kappa shape index (κ1) is 22.6. The van der Waals surface area contributed by atoms with Crippen LogP contribution in [0.2, 0.25) is 5.02 Å². The van der Waals surface area contributed by atoms with Gasteiger partial charge in [0.15, 0.2) is 0 Å². The van der Waals surface area contributed by atoms with E-state index in [9.17, 15) is 13.2 Å². The average Bonchev–Trinajstić information content (AvgIpc) is 2.72. The lowest BCUT2D eigenvalue weighted by atomic mass is 9.88. The number of carbonyl (C=O) groups is 1. The third kappa shape index (κ3) is 5.16. The topological polar surface area (TPSA) is 66.5 Å². The zero-order valence-electron chi connectivity index (χ0n) is 17.7. The third-order valence-corrected chi connectivity index (χ3v) is 7.16. The number of sulfonamides is 1. The lowest BCUT2D eigenvalue weighted by Crippen LogP contribution is -2.48. The average molecular weight is 449 g/mol. The number of aryl methyl sites for hydroxylation is 2. The third-order valence-electron chi connectivity index (χ3n) is 5.67. The van der Waals surface area contributed by atoms with E-state index in [0.29, 0.717) is 10.7 Å². The van der Waals surface area contributed by atoms with Gasteiger partial charge in [0.2, 0.25) is 15.9 Å². The van der Waals surface area contributed by atoms with Gasteiger partial charge in [-0.3, -0.25) is 9.10 Å². The maximum absolute atomic E-state index is 13.1. The van der Waals surface area contributed by atoms with Crippen LogP contribution in [-0.4, -0.2) is 26.6 Å². The first-order chi connectivity index (χ1) is 14.2. The van der Waals surface area contributed by atoms with E-state index in [2.05, 4.69) is 23.5 Å². The molecule has 2 aromatic carbocycles. The quantitative estimate of drug-likeness (QED) is 0.670. The van der Waals surface area contributed by atoms with Crippen LogP contribution >= 0.6 is 11.6 Å². The summed E-state index contributed by atoms with van der Waals surface area (Å²) < 4.78 is 26.1. The van der Waals surface area contributed by atoms with E-state index < -0.39 is 16.1 Å². The smallest absolute Gasteiger partial charge is 0.244 e. The Bertz CT molecular complexity index is 1010. The zero-order valence-corrected chi connectivity index (χ0v) is 19.3. The van der Waals surface area contributed by atoms with Crippen LogP contribution in [0, 0.1) is 0 Å². The molecule has 0 bridgehead atoms. The van der Waals surface area contributed by atoms with E-state index in [1.807, 2.05) is 6.92 Å². The summed E-state index contributed by atoms with van der Waals surface area (Å²) in [7, 11) is -3.66. The fraction of sp³-hybridized carbons (Fsp3) is 0.435. The van der Waals surface area contributed by atoms with Gasteiger partial charge in [0.25, 0.3) is 0 Å². The van der Waals surface area contributed by atoms with Crippen LogP contribution in [0.15, 0.2) is 42.5 Å². The Hall–Kier alpha value is -2.05. The largest absolute Gasteiger partial charge is 0.347 e. The van der Waals surface area contributed by atoms with Gasteiger partial charge in [-0.05, 0) is 80.0 Å². The highest BCUT2D eigenvalue weighted by Gasteiger charge is 2.30. The van der Waals surface area contributed by atoms with E-state index >= 15 is 0 Å². The van der Waals surface area contributed by atoms with Crippen molar-refractivity contribution < 1.29 is 13.2 Å². The second-order valence-electron chi connectivity index (χ2n) is 7.92. The van der Waals surface area contributed by atoms with E-state index in [0.717, 1.165) is 35.4 Å². The molecule has 0 heterocycles. The SMILES string of the molecule is CC[C@H](NC(=O)[C@H](C)N(c1ccc(Cl)cc1)S(C)(=O)=O)c1ccc2c(c1)CCCC2. The minimum absolute atomic E-state index is 0.168. The molecule has 162 valence electrons. The Kier molecular flexibility index (Phi) is 7.09. The number of anilines is 1. The molecule has 0 spiro atoms. The van der Waals surface area contributed by atoms with E-state index in [1.54, 1.807) is 31.2 Å². The summed E-state index contributed by atoms with van der Waals surface area (Å²) in [4.78, 5) is 13.1. The molecule has 0 aliphatic heterocycles. The molecular formula is C23H29ClN2O3S. The van der Waals surface area contributed by atoms with Crippen LogP contribution in [0.25, 0.3) is 0 Å². The van der Waals surface area contributed by atoms with Crippen molar-refractivity contribution >= 4 is 33.2 Å². The molecule has 1 amide bonds. The van der Waals surface area contributed by atoms with Crippen LogP contribution in [0.1, 0.15) is 55.8 Å². The van der Waals surface area contributed by atoms with Crippen molar-refractivity contribution in [2.45, 2.75) is 58.0 Å². The summed E-state index contributed by atoms with van der Waals surface area (Å²) in [5, 5.41) is 3.55. The first-order valence-corrected chi connectivity index (χ1v) is 12.6. The highest BCUT2D eigenvalue weighted by Crippen LogP contribution is 2.27. The molecule has 0 saturated carbocycles. The highest BCUT2D eigenvalue weighted by atomic mass is 35.5. The van der Waals surface area contributed by atoms with Crippen molar-refractivity contribution in [3.8, 4) is 0 Å². The second kappa shape index (κ2) is 9.40.